The number of carbonyl (C=O) groups excluding carboxylic acids is 2. The topological polar surface area (TPSA) is 115 Å². The lowest BCUT2D eigenvalue weighted by Gasteiger charge is -2.23. The Labute approximate surface area is 146 Å². The van der Waals surface area contributed by atoms with Crippen LogP contribution in [0.25, 0.3) is 5.69 Å². The van der Waals surface area contributed by atoms with Gasteiger partial charge in [-0.05, 0) is 26.0 Å². The Balaban J connectivity index is 0.00000288. The predicted molar refractivity (Wildman–Crippen MR) is 91.8 cm³/mol. The van der Waals surface area contributed by atoms with E-state index in [0.717, 1.165) is 5.69 Å². The van der Waals surface area contributed by atoms with Gasteiger partial charge in [0, 0.05) is 0 Å². The van der Waals surface area contributed by atoms with Crippen LogP contribution in [0.5, 0.6) is 0 Å². The van der Waals surface area contributed by atoms with Gasteiger partial charge in [0.1, 0.15) is 5.69 Å². The SMILES string of the molecule is CC(C)(NC(=O)CNC(=O)CN)c1cn(-c2ccccc2)nn1.Cl. The van der Waals surface area contributed by atoms with Gasteiger partial charge in [0.2, 0.25) is 11.8 Å². The molecule has 130 valence electrons. The highest BCUT2D eigenvalue weighted by Gasteiger charge is 2.26. The van der Waals surface area contributed by atoms with Crippen LogP contribution in [0.15, 0.2) is 36.5 Å². The Morgan fingerprint density at radius 1 is 1.21 bits per heavy atom. The second kappa shape index (κ2) is 8.42. The van der Waals surface area contributed by atoms with Crippen molar-refractivity contribution in [2.75, 3.05) is 13.1 Å². The Morgan fingerprint density at radius 3 is 2.50 bits per heavy atom. The molecule has 24 heavy (non-hydrogen) atoms. The summed E-state index contributed by atoms with van der Waals surface area (Å²) in [4.78, 5) is 23.0. The third kappa shape index (κ3) is 5.04. The fourth-order valence-electron chi connectivity index (χ4n) is 1.96. The largest absolute Gasteiger partial charge is 0.346 e. The van der Waals surface area contributed by atoms with Crippen molar-refractivity contribution in [3.05, 3.63) is 42.2 Å². The van der Waals surface area contributed by atoms with E-state index in [4.69, 9.17) is 5.73 Å². The molecule has 0 saturated carbocycles. The molecule has 1 aromatic heterocycles. The maximum Gasteiger partial charge on any atom is 0.240 e. The summed E-state index contributed by atoms with van der Waals surface area (Å²) < 4.78 is 1.64. The number of benzene rings is 1. The summed E-state index contributed by atoms with van der Waals surface area (Å²) in [5, 5.41) is 13.4. The number of amides is 2. The van der Waals surface area contributed by atoms with Gasteiger partial charge in [-0.15, -0.1) is 17.5 Å². The van der Waals surface area contributed by atoms with Crippen LogP contribution in [-0.4, -0.2) is 39.9 Å². The average Bonchev–Trinajstić information content (AvgIpc) is 3.04. The van der Waals surface area contributed by atoms with Gasteiger partial charge in [0.15, 0.2) is 0 Å². The number of aromatic nitrogens is 3. The average molecular weight is 353 g/mol. The fraction of sp³-hybridized carbons (Fsp3) is 0.333. The second-order valence-electron chi connectivity index (χ2n) is 5.54. The van der Waals surface area contributed by atoms with Crippen LogP contribution in [0, 0.1) is 0 Å². The van der Waals surface area contributed by atoms with Gasteiger partial charge < -0.3 is 16.4 Å². The van der Waals surface area contributed by atoms with Crippen LogP contribution >= 0.6 is 12.4 Å². The number of carbonyl (C=O) groups is 2. The molecule has 0 bridgehead atoms. The van der Waals surface area contributed by atoms with Crippen molar-refractivity contribution in [3.63, 3.8) is 0 Å². The number of nitrogens with one attached hydrogen (secondary N) is 2. The van der Waals surface area contributed by atoms with Crippen molar-refractivity contribution in [2.45, 2.75) is 19.4 Å². The highest BCUT2D eigenvalue weighted by atomic mass is 35.5. The maximum absolute atomic E-state index is 11.9. The number of nitrogens with zero attached hydrogens (tertiary/aromatic N) is 3. The molecule has 0 saturated heterocycles. The summed E-state index contributed by atoms with van der Waals surface area (Å²) in [5.74, 6) is -0.709. The van der Waals surface area contributed by atoms with E-state index in [1.807, 2.05) is 44.2 Å². The van der Waals surface area contributed by atoms with E-state index in [-0.39, 0.29) is 37.3 Å². The quantitative estimate of drug-likeness (QED) is 0.682. The monoisotopic (exact) mass is 352 g/mol. The zero-order valence-electron chi connectivity index (χ0n) is 13.5. The minimum Gasteiger partial charge on any atom is -0.346 e. The molecule has 8 nitrogen and oxygen atoms in total. The molecule has 2 aromatic rings. The lowest BCUT2D eigenvalue weighted by molar-refractivity contribution is -0.126. The van der Waals surface area contributed by atoms with Gasteiger partial charge >= 0.3 is 0 Å². The van der Waals surface area contributed by atoms with Gasteiger partial charge in [0.05, 0.1) is 30.5 Å². The Morgan fingerprint density at radius 2 is 1.88 bits per heavy atom. The van der Waals surface area contributed by atoms with Crippen LogP contribution in [0.4, 0.5) is 0 Å². The molecular weight excluding hydrogens is 332 g/mol. The van der Waals surface area contributed by atoms with Crippen LogP contribution in [0.3, 0.4) is 0 Å². The molecule has 0 atom stereocenters. The maximum atomic E-state index is 11.9. The van der Waals surface area contributed by atoms with E-state index in [2.05, 4.69) is 20.9 Å². The molecule has 0 aliphatic heterocycles. The van der Waals surface area contributed by atoms with Crippen molar-refractivity contribution < 1.29 is 9.59 Å². The number of halogens is 1. The first kappa shape index (κ1) is 19.6. The first-order valence-electron chi connectivity index (χ1n) is 7.18. The number of para-hydroxylation sites is 1. The summed E-state index contributed by atoms with van der Waals surface area (Å²) in [7, 11) is 0. The molecule has 4 N–H and O–H groups in total. The Kier molecular flexibility index (Phi) is 6.87. The van der Waals surface area contributed by atoms with Crippen LogP contribution in [0.2, 0.25) is 0 Å². The van der Waals surface area contributed by atoms with Crippen LogP contribution in [0.1, 0.15) is 19.5 Å². The van der Waals surface area contributed by atoms with E-state index >= 15 is 0 Å². The highest BCUT2D eigenvalue weighted by Crippen LogP contribution is 2.18. The summed E-state index contributed by atoms with van der Waals surface area (Å²) in [6.45, 7) is 3.35. The Hall–Kier alpha value is -2.45. The molecule has 1 aromatic carbocycles. The minimum atomic E-state index is -0.725. The van der Waals surface area contributed by atoms with Crippen LogP contribution < -0.4 is 16.4 Å². The van der Waals surface area contributed by atoms with Crippen molar-refractivity contribution in [1.29, 1.82) is 0 Å². The van der Waals surface area contributed by atoms with E-state index in [0.29, 0.717) is 5.69 Å². The number of nitrogens with two attached hydrogens (primary N) is 1. The Bertz CT molecular complexity index is 686. The van der Waals surface area contributed by atoms with Gasteiger partial charge in [-0.3, -0.25) is 9.59 Å². The standard InChI is InChI=1S/C15H20N6O2.ClH/c1-15(2,18-14(23)9-17-13(22)8-16)12-10-21(20-19-12)11-6-4-3-5-7-11;/h3-7,10H,8-9,16H2,1-2H3,(H,17,22)(H,18,23);1H. The smallest absolute Gasteiger partial charge is 0.240 e. The van der Waals surface area contributed by atoms with E-state index < -0.39 is 5.54 Å². The summed E-state index contributed by atoms with van der Waals surface area (Å²) >= 11 is 0. The first-order valence-corrected chi connectivity index (χ1v) is 7.18. The minimum absolute atomic E-state index is 0. The van der Waals surface area contributed by atoms with Gasteiger partial charge in [0.25, 0.3) is 0 Å². The van der Waals surface area contributed by atoms with E-state index in [1.165, 1.54) is 0 Å². The fourth-order valence-corrected chi connectivity index (χ4v) is 1.96. The molecule has 0 unspecified atom stereocenters. The zero-order chi connectivity index (χ0) is 16.9. The van der Waals surface area contributed by atoms with Gasteiger partial charge in [-0.2, -0.15) is 0 Å². The number of hydrogen-bond donors (Lipinski definition) is 3. The lowest BCUT2D eigenvalue weighted by atomic mass is 10.0. The van der Waals surface area contributed by atoms with Gasteiger partial charge in [-0.1, -0.05) is 23.4 Å². The summed E-state index contributed by atoms with van der Waals surface area (Å²) in [6, 6.07) is 9.55. The van der Waals surface area contributed by atoms with Crippen molar-refractivity contribution in [3.8, 4) is 5.69 Å². The number of hydrogen-bond acceptors (Lipinski definition) is 5. The molecule has 2 amide bonds. The van der Waals surface area contributed by atoms with Crippen molar-refractivity contribution in [1.82, 2.24) is 25.6 Å². The molecule has 0 radical (unpaired) electrons. The molecule has 0 spiro atoms. The molecule has 2 rings (SSSR count). The van der Waals surface area contributed by atoms with Gasteiger partial charge in [-0.25, -0.2) is 4.68 Å². The lowest BCUT2D eigenvalue weighted by Crippen LogP contribution is -2.46. The first-order chi connectivity index (χ1) is 10.9. The van der Waals surface area contributed by atoms with Crippen molar-refractivity contribution >= 4 is 24.2 Å². The second-order valence-corrected chi connectivity index (χ2v) is 5.54. The normalized spacial score (nSPS) is 10.6. The third-order valence-corrected chi connectivity index (χ3v) is 3.24. The zero-order valence-corrected chi connectivity index (χ0v) is 14.3. The predicted octanol–water partition coefficient (Wildman–Crippen LogP) is 0.115. The number of rotatable bonds is 6. The third-order valence-electron chi connectivity index (χ3n) is 3.24. The molecule has 0 fully saturated rings. The van der Waals surface area contributed by atoms with E-state index in [9.17, 15) is 9.59 Å². The highest BCUT2D eigenvalue weighted by molar-refractivity contribution is 5.86. The van der Waals surface area contributed by atoms with Crippen LogP contribution in [-0.2, 0) is 15.1 Å². The molecule has 9 heteroatoms. The van der Waals surface area contributed by atoms with Crippen molar-refractivity contribution in [2.24, 2.45) is 5.73 Å². The molecule has 0 aliphatic rings. The summed E-state index contributed by atoms with van der Waals surface area (Å²) in [6.07, 6.45) is 1.76. The molecule has 1 heterocycles. The molecule has 0 aliphatic carbocycles. The summed E-state index contributed by atoms with van der Waals surface area (Å²) in [5.41, 5.74) is 5.93. The van der Waals surface area contributed by atoms with E-state index in [1.54, 1.807) is 10.9 Å². The molecular formula is C15H21ClN6O2.